The standard InChI is InChI=1S/C17H20BrNS/c1-11-5-3-7-14(9-11)17-19-16(12(2)20-17)13-6-4-8-15(18)10-13/h4,6,8,10-11,14H,3,5,7,9H2,1-2H3. The molecule has 1 fully saturated rings. The van der Waals surface area contributed by atoms with Crippen LogP contribution in [0.1, 0.15) is 48.4 Å². The molecule has 0 saturated heterocycles. The van der Waals surface area contributed by atoms with Crippen LogP contribution in [0, 0.1) is 12.8 Å². The van der Waals surface area contributed by atoms with Gasteiger partial charge < -0.3 is 0 Å². The second-order valence-electron chi connectivity index (χ2n) is 5.94. The van der Waals surface area contributed by atoms with E-state index in [9.17, 15) is 0 Å². The molecule has 1 aromatic heterocycles. The molecule has 0 aliphatic heterocycles. The van der Waals surface area contributed by atoms with Crippen molar-refractivity contribution in [3.05, 3.63) is 38.6 Å². The number of aryl methyl sites for hydroxylation is 1. The molecule has 0 spiro atoms. The highest BCUT2D eigenvalue weighted by Crippen LogP contribution is 2.40. The summed E-state index contributed by atoms with van der Waals surface area (Å²) in [4.78, 5) is 6.32. The van der Waals surface area contributed by atoms with E-state index in [4.69, 9.17) is 4.98 Å². The Kier molecular flexibility index (Phi) is 4.27. The van der Waals surface area contributed by atoms with E-state index in [1.165, 1.54) is 46.8 Å². The van der Waals surface area contributed by atoms with Crippen molar-refractivity contribution in [2.45, 2.75) is 45.4 Å². The molecular weight excluding hydrogens is 330 g/mol. The van der Waals surface area contributed by atoms with E-state index < -0.39 is 0 Å². The Labute approximate surface area is 133 Å². The molecule has 2 unspecified atom stereocenters. The Morgan fingerprint density at radius 3 is 2.90 bits per heavy atom. The van der Waals surface area contributed by atoms with Gasteiger partial charge in [0.25, 0.3) is 0 Å². The molecule has 2 aromatic rings. The van der Waals surface area contributed by atoms with Crippen molar-refractivity contribution < 1.29 is 0 Å². The summed E-state index contributed by atoms with van der Waals surface area (Å²) >= 11 is 5.45. The number of aromatic nitrogens is 1. The first-order chi connectivity index (χ1) is 9.63. The lowest BCUT2D eigenvalue weighted by Gasteiger charge is -2.24. The lowest BCUT2D eigenvalue weighted by molar-refractivity contribution is 0.343. The first kappa shape index (κ1) is 14.3. The zero-order valence-corrected chi connectivity index (χ0v) is 14.4. The van der Waals surface area contributed by atoms with Crippen LogP contribution in [-0.4, -0.2) is 4.98 Å². The van der Waals surface area contributed by atoms with Gasteiger partial charge in [-0.15, -0.1) is 11.3 Å². The Morgan fingerprint density at radius 1 is 1.30 bits per heavy atom. The molecule has 0 bridgehead atoms. The van der Waals surface area contributed by atoms with Crippen LogP contribution < -0.4 is 0 Å². The van der Waals surface area contributed by atoms with Crippen molar-refractivity contribution in [2.24, 2.45) is 5.92 Å². The lowest BCUT2D eigenvalue weighted by atomic mass is 9.83. The van der Waals surface area contributed by atoms with Crippen molar-refractivity contribution in [3.63, 3.8) is 0 Å². The summed E-state index contributed by atoms with van der Waals surface area (Å²) in [6, 6.07) is 8.46. The first-order valence-electron chi connectivity index (χ1n) is 7.36. The summed E-state index contributed by atoms with van der Waals surface area (Å²) in [6.45, 7) is 4.57. The van der Waals surface area contributed by atoms with Gasteiger partial charge in [0.05, 0.1) is 10.7 Å². The fourth-order valence-electron chi connectivity index (χ4n) is 3.15. The molecule has 1 aliphatic rings. The Bertz CT molecular complexity index is 605. The Balaban J connectivity index is 1.91. The van der Waals surface area contributed by atoms with Crippen molar-refractivity contribution >= 4 is 27.3 Å². The van der Waals surface area contributed by atoms with Gasteiger partial charge in [-0.2, -0.15) is 0 Å². The van der Waals surface area contributed by atoms with Gasteiger partial charge >= 0.3 is 0 Å². The first-order valence-corrected chi connectivity index (χ1v) is 8.97. The largest absolute Gasteiger partial charge is 0.241 e. The molecule has 1 aromatic carbocycles. The van der Waals surface area contributed by atoms with Crippen LogP contribution in [0.2, 0.25) is 0 Å². The smallest absolute Gasteiger partial charge is 0.0966 e. The van der Waals surface area contributed by atoms with Crippen molar-refractivity contribution in [1.82, 2.24) is 4.98 Å². The third kappa shape index (κ3) is 2.99. The summed E-state index contributed by atoms with van der Waals surface area (Å²) in [5.74, 6) is 1.54. The van der Waals surface area contributed by atoms with Crippen molar-refractivity contribution in [3.8, 4) is 11.3 Å². The summed E-state index contributed by atoms with van der Waals surface area (Å²) in [5, 5.41) is 1.35. The van der Waals surface area contributed by atoms with Crippen LogP contribution in [-0.2, 0) is 0 Å². The highest BCUT2D eigenvalue weighted by molar-refractivity contribution is 9.10. The normalized spacial score (nSPS) is 22.9. The summed E-state index contributed by atoms with van der Waals surface area (Å²) in [5.41, 5.74) is 2.40. The second-order valence-corrected chi connectivity index (χ2v) is 8.09. The third-order valence-electron chi connectivity index (χ3n) is 4.20. The number of hydrogen-bond acceptors (Lipinski definition) is 2. The quantitative estimate of drug-likeness (QED) is 0.631. The minimum atomic E-state index is 0.684. The molecule has 2 atom stereocenters. The van der Waals surface area contributed by atoms with Gasteiger partial charge in [0, 0.05) is 20.8 Å². The molecule has 1 nitrogen and oxygen atoms in total. The minimum Gasteiger partial charge on any atom is -0.241 e. The predicted octanol–water partition coefficient (Wildman–Crippen LogP) is 6.17. The fraction of sp³-hybridized carbons (Fsp3) is 0.471. The monoisotopic (exact) mass is 349 g/mol. The van der Waals surface area contributed by atoms with Gasteiger partial charge in [-0.1, -0.05) is 47.8 Å². The number of rotatable bonds is 2. The van der Waals surface area contributed by atoms with Crippen LogP contribution in [0.25, 0.3) is 11.3 Å². The second kappa shape index (κ2) is 5.98. The third-order valence-corrected chi connectivity index (χ3v) is 5.82. The van der Waals surface area contributed by atoms with Crippen LogP contribution in [0.3, 0.4) is 0 Å². The highest BCUT2D eigenvalue weighted by Gasteiger charge is 2.24. The molecule has 1 saturated carbocycles. The molecule has 20 heavy (non-hydrogen) atoms. The van der Waals surface area contributed by atoms with Gasteiger partial charge in [-0.3, -0.25) is 0 Å². The minimum absolute atomic E-state index is 0.684. The number of benzene rings is 1. The molecule has 3 rings (SSSR count). The van der Waals surface area contributed by atoms with Gasteiger partial charge in [0.15, 0.2) is 0 Å². The molecule has 0 N–H and O–H groups in total. The maximum atomic E-state index is 4.98. The number of thiazole rings is 1. The Hall–Kier alpha value is -0.670. The number of nitrogens with zero attached hydrogens (tertiary/aromatic N) is 1. The average molecular weight is 350 g/mol. The number of halogens is 1. The zero-order chi connectivity index (χ0) is 14.1. The van der Waals surface area contributed by atoms with Gasteiger partial charge in [-0.05, 0) is 37.8 Å². The van der Waals surface area contributed by atoms with Crippen LogP contribution >= 0.6 is 27.3 Å². The summed E-state index contributed by atoms with van der Waals surface area (Å²) < 4.78 is 1.12. The number of hydrogen-bond donors (Lipinski definition) is 0. The molecule has 1 heterocycles. The van der Waals surface area contributed by atoms with Crippen molar-refractivity contribution in [2.75, 3.05) is 0 Å². The molecular formula is C17H20BrNS. The van der Waals surface area contributed by atoms with E-state index >= 15 is 0 Å². The maximum absolute atomic E-state index is 4.98. The topological polar surface area (TPSA) is 12.9 Å². The molecule has 1 aliphatic carbocycles. The lowest BCUT2D eigenvalue weighted by Crippen LogP contribution is -2.11. The SMILES string of the molecule is Cc1sc(C2CCCC(C)C2)nc1-c1cccc(Br)c1. The summed E-state index contributed by atoms with van der Waals surface area (Å²) in [7, 11) is 0. The average Bonchev–Trinajstić information content (AvgIpc) is 2.81. The maximum Gasteiger partial charge on any atom is 0.0966 e. The summed E-state index contributed by atoms with van der Waals surface area (Å²) in [6.07, 6.45) is 5.37. The molecule has 106 valence electrons. The van der Waals surface area contributed by atoms with E-state index in [2.05, 4.69) is 54.0 Å². The molecule has 3 heteroatoms. The van der Waals surface area contributed by atoms with E-state index in [1.54, 1.807) is 0 Å². The van der Waals surface area contributed by atoms with Gasteiger partial charge in [0.2, 0.25) is 0 Å². The van der Waals surface area contributed by atoms with Gasteiger partial charge in [-0.25, -0.2) is 4.98 Å². The zero-order valence-electron chi connectivity index (χ0n) is 12.0. The van der Waals surface area contributed by atoms with Crippen LogP contribution in [0.15, 0.2) is 28.7 Å². The van der Waals surface area contributed by atoms with Crippen molar-refractivity contribution in [1.29, 1.82) is 0 Å². The van der Waals surface area contributed by atoms with E-state index in [1.807, 2.05) is 11.3 Å². The van der Waals surface area contributed by atoms with E-state index in [-0.39, 0.29) is 0 Å². The van der Waals surface area contributed by atoms with Crippen LogP contribution in [0.5, 0.6) is 0 Å². The fourth-order valence-corrected chi connectivity index (χ4v) is 4.64. The highest BCUT2D eigenvalue weighted by atomic mass is 79.9. The van der Waals surface area contributed by atoms with E-state index in [0.29, 0.717) is 5.92 Å². The molecule has 0 amide bonds. The Morgan fingerprint density at radius 2 is 2.15 bits per heavy atom. The predicted molar refractivity (Wildman–Crippen MR) is 90.4 cm³/mol. The van der Waals surface area contributed by atoms with Gasteiger partial charge in [0.1, 0.15) is 0 Å². The molecule has 0 radical (unpaired) electrons. The van der Waals surface area contributed by atoms with Crippen LogP contribution in [0.4, 0.5) is 0 Å². The van der Waals surface area contributed by atoms with E-state index in [0.717, 1.165) is 10.4 Å².